The van der Waals surface area contributed by atoms with Crippen molar-refractivity contribution in [3.8, 4) is 0 Å². The Bertz CT molecular complexity index is 462. The van der Waals surface area contributed by atoms with E-state index in [1.54, 1.807) is 6.20 Å². The highest BCUT2D eigenvalue weighted by Crippen LogP contribution is 2.31. The summed E-state index contributed by atoms with van der Waals surface area (Å²) in [6.07, 6.45) is 3.51. The highest BCUT2D eigenvalue weighted by molar-refractivity contribution is 9.10. The van der Waals surface area contributed by atoms with Crippen LogP contribution in [0.2, 0.25) is 0 Å². The maximum Gasteiger partial charge on any atom is 0.312 e. The van der Waals surface area contributed by atoms with Gasteiger partial charge in [0.2, 0.25) is 5.82 Å². The molecule has 0 N–H and O–H groups in total. The fourth-order valence-electron chi connectivity index (χ4n) is 2.31. The molecule has 0 saturated heterocycles. The zero-order chi connectivity index (χ0) is 15.3. The Kier molecular flexibility index (Phi) is 6.39. The molecule has 1 rings (SSSR count). The molecule has 20 heavy (non-hydrogen) atoms. The van der Waals surface area contributed by atoms with Gasteiger partial charge in [0.15, 0.2) is 0 Å². The van der Waals surface area contributed by atoms with Crippen LogP contribution in [0, 0.1) is 16.0 Å². The van der Waals surface area contributed by atoms with E-state index in [0.717, 1.165) is 19.4 Å². The van der Waals surface area contributed by atoms with Crippen LogP contribution < -0.4 is 4.90 Å². The first-order valence-electron chi connectivity index (χ1n) is 6.97. The van der Waals surface area contributed by atoms with Gasteiger partial charge in [0.1, 0.15) is 0 Å². The smallest absolute Gasteiger partial charge is 0.312 e. The lowest BCUT2D eigenvalue weighted by molar-refractivity contribution is -0.384. The zero-order valence-corrected chi connectivity index (χ0v) is 14.1. The van der Waals surface area contributed by atoms with Gasteiger partial charge in [0.25, 0.3) is 0 Å². The third-order valence-electron chi connectivity index (χ3n) is 3.23. The number of hydrogen-bond acceptors (Lipinski definition) is 4. The maximum absolute atomic E-state index is 11.3. The summed E-state index contributed by atoms with van der Waals surface area (Å²) < 4.78 is 0.627. The highest BCUT2D eigenvalue weighted by atomic mass is 79.9. The van der Waals surface area contributed by atoms with Crippen LogP contribution in [-0.4, -0.2) is 22.5 Å². The van der Waals surface area contributed by atoms with Crippen molar-refractivity contribution in [3.63, 3.8) is 0 Å². The fourth-order valence-corrected chi connectivity index (χ4v) is 2.63. The fraction of sp³-hybridized carbons (Fsp3) is 0.643. The number of pyridine rings is 1. The van der Waals surface area contributed by atoms with Gasteiger partial charge in [-0.3, -0.25) is 10.1 Å². The van der Waals surface area contributed by atoms with Crippen LogP contribution in [0.25, 0.3) is 0 Å². The molecule has 0 bridgehead atoms. The predicted octanol–water partition coefficient (Wildman–Crippen LogP) is 4.40. The van der Waals surface area contributed by atoms with Gasteiger partial charge in [0, 0.05) is 29.3 Å². The summed E-state index contributed by atoms with van der Waals surface area (Å²) in [5.41, 5.74) is 0.0620. The number of anilines is 1. The third kappa shape index (κ3) is 4.16. The van der Waals surface area contributed by atoms with Gasteiger partial charge in [-0.1, -0.05) is 27.7 Å². The minimum absolute atomic E-state index is 0.0620. The van der Waals surface area contributed by atoms with Gasteiger partial charge in [0.05, 0.1) is 4.92 Å². The lowest BCUT2D eigenvalue weighted by Gasteiger charge is -2.32. The Labute approximate surface area is 128 Å². The summed E-state index contributed by atoms with van der Waals surface area (Å²) in [6, 6.07) is 1.79. The summed E-state index contributed by atoms with van der Waals surface area (Å²) >= 11 is 3.25. The van der Waals surface area contributed by atoms with E-state index in [-0.39, 0.29) is 16.7 Å². The molecule has 0 fully saturated rings. The van der Waals surface area contributed by atoms with Crippen LogP contribution in [0.4, 0.5) is 11.5 Å². The van der Waals surface area contributed by atoms with E-state index in [9.17, 15) is 10.1 Å². The first-order chi connectivity index (χ1) is 9.40. The minimum Gasteiger partial charge on any atom is -0.348 e. The van der Waals surface area contributed by atoms with E-state index in [0.29, 0.717) is 16.2 Å². The molecule has 0 saturated carbocycles. The second-order valence-electron chi connectivity index (χ2n) is 5.27. The topological polar surface area (TPSA) is 59.3 Å². The average Bonchev–Trinajstić information content (AvgIpc) is 2.38. The van der Waals surface area contributed by atoms with Gasteiger partial charge in [-0.05, 0) is 34.7 Å². The Hall–Kier alpha value is -1.17. The van der Waals surface area contributed by atoms with Crippen LogP contribution in [0.3, 0.4) is 0 Å². The van der Waals surface area contributed by atoms with Crippen molar-refractivity contribution in [2.24, 2.45) is 5.92 Å². The molecule has 0 amide bonds. The second kappa shape index (κ2) is 7.57. The number of nitro groups is 1. The zero-order valence-electron chi connectivity index (χ0n) is 12.5. The van der Waals surface area contributed by atoms with Crippen molar-refractivity contribution >= 4 is 27.4 Å². The van der Waals surface area contributed by atoms with E-state index in [1.165, 1.54) is 6.07 Å². The molecule has 0 aliphatic heterocycles. The summed E-state index contributed by atoms with van der Waals surface area (Å²) in [6.45, 7) is 9.19. The summed E-state index contributed by atoms with van der Waals surface area (Å²) in [7, 11) is 0. The van der Waals surface area contributed by atoms with Crippen molar-refractivity contribution < 1.29 is 4.92 Å². The predicted molar refractivity (Wildman–Crippen MR) is 85.1 cm³/mol. The van der Waals surface area contributed by atoms with Crippen LogP contribution in [0.15, 0.2) is 16.7 Å². The average molecular weight is 344 g/mol. The quantitative estimate of drug-likeness (QED) is 0.543. The van der Waals surface area contributed by atoms with Crippen LogP contribution >= 0.6 is 15.9 Å². The van der Waals surface area contributed by atoms with Crippen LogP contribution in [-0.2, 0) is 0 Å². The van der Waals surface area contributed by atoms with Crippen molar-refractivity contribution in [1.29, 1.82) is 0 Å². The number of hydrogen-bond donors (Lipinski definition) is 0. The summed E-state index contributed by atoms with van der Waals surface area (Å²) in [5.74, 6) is 0.890. The molecule has 0 spiro atoms. The molecule has 112 valence electrons. The molecular weight excluding hydrogens is 322 g/mol. The molecule has 0 aliphatic carbocycles. The summed E-state index contributed by atoms with van der Waals surface area (Å²) in [5, 5.41) is 11.3. The van der Waals surface area contributed by atoms with E-state index in [1.807, 2.05) is 0 Å². The molecular formula is C14H22BrN3O2. The van der Waals surface area contributed by atoms with Gasteiger partial charge in [-0.25, -0.2) is 4.98 Å². The molecule has 1 aromatic heterocycles. The van der Waals surface area contributed by atoms with E-state index in [4.69, 9.17) is 0 Å². The highest BCUT2D eigenvalue weighted by Gasteiger charge is 2.26. The second-order valence-corrected chi connectivity index (χ2v) is 6.19. The van der Waals surface area contributed by atoms with Gasteiger partial charge >= 0.3 is 5.69 Å². The van der Waals surface area contributed by atoms with Crippen LogP contribution in [0.5, 0.6) is 0 Å². The lowest BCUT2D eigenvalue weighted by atomic mass is 10.1. The summed E-state index contributed by atoms with van der Waals surface area (Å²) in [4.78, 5) is 17.3. The number of aromatic nitrogens is 1. The first-order valence-corrected chi connectivity index (χ1v) is 7.76. The minimum atomic E-state index is -0.358. The number of nitrogens with zero attached hydrogens (tertiary/aromatic N) is 3. The monoisotopic (exact) mass is 343 g/mol. The Morgan fingerprint density at radius 1 is 1.40 bits per heavy atom. The molecule has 6 heteroatoms. The van der Waals surface area contributed by atoms with Crippen molar-refractivity contribution in [3.05, 3.63) is 26.9 Å². The molecule has 0 atom stereocenters. The molecule has 5 nitrogen and oxygen atoms in total. The Morgan fingerprint density at radius 3 is 2.45 bits per heavy atom. The van der Waals surface area contributed by atoms with Crippen molar-refractivity contribution in [2.75, 3.05) is 11.4 Å². The normalized spacial score (nSPS) is 11.2. The molecule has 0 radical (unpaired) electrons. The van der Waals surface area contributed by atoms with E-state index >= 15 is 0 Å². The van der Waals surface area contributed by atoms with E-state index < -0.39 is 0 Å². The third-order valence-corrected chi connectivity index (χ3v) is 3.66. The number of halogens is 1. The first kappa shape index (κ1) is 16.9. The largest absolute Gasteiger partial charge is 0.348 e. The SMILES string of the molecule is CCC(CC)N(CC(C)C)c1ncc(Br)cc1[N+](=O)[O-]. The van der Waals surface area contributed by atoms with Crippen LogP contribution in [0.1, 0.15) is 40.5 Å². The molecule has 0 aromatic carbocycles. The van der Waals surface area contributed by atoms with Gasteiger partial charge in [-0.2, -0.15) is 0 Å². The standard InChI is InChI=1S/C14H22BrN3O2/c1-5-12(6-2)17(9-10(3)4)14-13(18(19)20)7-11(15)8-16-14/h7-8,10,12H,5-6,9H2,1-4H3. The van der Waals surface area contributed by atoms with Gasteiger partial charge in [-0.15, -0.1) is 0 Å². The maximum atomic E-state index is 11.3. The molecule has 0 aliphatic rings. The lowest BCUT2D eigenvalue weighted by Crippen LogP contribution is -2.38. The number of rotatable bonds is 7. The molecule has 1 heterocycles. The molecule has 0 unspecified atom stereocenters. The van der Waals surface area contributed by atoms with E-state index in [2.05, 4.69) is 53.5 Å². The Morgan fingerprint density at radius 2 is 2.00 bits per heavy atom. The Balaban J connectivity index is 3.28. The van der Waals surface area contributed by atoms with Crippen molar-refractivity contribution in [2.45, 2.75) is 46.6 Å². The van der Waals surface area contributed by atoms with Gasteiger partial charge < -0.3 is 4.90 Å². The van der Waals surface area contributed by atoms with Crippen molar-refractivity contribution in [1.82, 2.24) is 4.98 Å². The molecule has 1 aromatic rings.